The predicted molar refractivity (Wildman–Crippen MR) is 119 cm³/mol. The number of amides is 1. The van der Waals surface area contributed by atoms with Crippen LogP contribution in [-0.2, 0) is 11.3 Å². The standard InChI is InChI=1S/C23H15BrFN3O3/c24-15-5-6-20-16(11-15)23(31)17(22(30)14-7-9-26-10-8-14)12-28(20)13-21(29)27-19-4-2-1-3-18(19)25/h1-12H,13H2,(H,27,29). The number of carbonyl (C=O) groups is 2. The fourth-order valence-electron chi connectivity index (χ4n) is 3.23. The van der Waals surface area contributed by atoms with E-state index in [-0.39, 0.29) is 23.2 Å². The number of fused-ring (bicyclic) bond motifs is 1. The van der Waals surface area contributed by atoms with Crippen molar-refractivity contribution in [1.29, 1.82) is 0 Å². The molecule has 8 heteroatoms. The van der Waals surface area contributed by atoms with E-state index in [0.29, 0.717) is 15.6 Å². The van der Waals surface area contributed by atoms with Crippen molar-refractivity contribution in [2.45, 2.75) is 6.54 Å². The van der Waals surface area contributed by atoms with Gasteiger partial charge in [-0.3, -0.25) is 19.4 Å². The fourth-order valence-corrected chi connectivity index (χ4v) is 3.59. The highest BCUT2D eigenvalue weighted by Gasteiger charge is 2.18. The van der Waals surface area contributed by atoms with Gasteiger partial charge in [0.2, 0.25) is 11.3 Å². The maximum atomic E-state index is 13.9. The predicted octanol–water partition coefficient (Wildman–Crippen LogP) is 4.17. The van der Waals surface area contributed by atoms with Crippen molar-refractivity contribution in [2.75, 3.05) is 5.32 Å². The van der Waals surface area contributed by atoms with Crippen LogP contribution in [0.2, 0.25) is 0 Å². The minimum Gasteiger partial charge on any atom is -0.337 e. The van der Waals surface area contributed by atoms with E-state index in [1.807, 2.05) is 0 Å². The molecule has 0 bridgehead atoms. The number of rotatable bonds is 5. The molecule has 0 fully saturated rings. The van der Waals surface area contributed by atoms with Gasteiger partial charge >= 0.3 is 0 Å². The van der Waals surface area contributed by atoms with Crippen LogP contribution in [0.1, 0.15) is 15.9 Å². The number of pyridine rings is 2. The number of aromatic nitrogens is 2. The van der Waals surface area contributed by atoms with Gasteiger partial charge < -0.3 is 9.88 Å². The van der Waals surface area contributed by atoms with E-state index in [4.69, 9.17) is 0 Å². The van der Waals surface area contributed by atoms with Crippen molar-refractivity contribution in [3.8, 4) is 0 Å². The van der Waals surface area contributed by atoms with Crippen LogP contribution in [0.5, 0.6) is 0 Å². The normalized spacial score (nSPS) is 10.8. The Labute approximate surface area is 184 Å². The van der Waals surface area contributed by atoms with Crippen LogP contribution < -0.4 is 10.7 Å². The average Bonchev–Trinajstić information content (AvgIpc) is 2.77. The number of halogens is 2. The molecule has 0 aliphatic rings. The topological polar surface area (TPSA) is 81.1 Å². The highest BCUT2D eigenvalue weighted by molar-refractivity contribution is 9.10. The SMILES string of the molecule is O=C(Cn1cc(C(=O)c2ccncc2)c(=O)c2cc(Br)ccc21)Nc1ccccc1F. The molecule has 0 unspecified atom stereocenters. The Balaban J connectivity index is 1.78. The lowest BCUT2D eigenvalue weighted by Crippen LogP contribution is -2.24. The van der Waals surface area contributed by atoms with E-state index in [9.17, 15) is 18.8 Å². The van der Waals surface area contributed by atoms with Crippen LogP contribution in [0.4, 0.5) is 10.1 Å². The van der Waals surface area contributed by atoms with Gasteiger partial charge in [0.15, 0.2) is 5.78 Å². The summed E-state index contributed by atoms with van der Waals surface area (Å²) in [6.07, 6.45) is 4.29. The summed E-state index contributed by atoms with van der Waals surface area (Å²) in [5.74, 6) is -1.53. The molecule has 154 valence electrons. The van der Waals surface area contributed by atoms with Gasteiger partial charge in [0.25, 0.3) is 0 Å². The third kappa shape index (κ3) is 4.29. The molecular weight excluding hydrogens is 465 g/mol. The molecule has 0 atom stereocenters. The van der Waals surface area contributed by atoms with Gasteiger partial charge in [-0.05, 0) is 42.5 Å². The Morgan fingerprint density at radius 3 is 2.55 bits per heavy atom. The van der Waals surface area contributed by atoms with Gasteiger partial charge in [-0.25, -0.2) is 4.39 Å². The Hall–Kier alpha value is -3.65. The molecule has 0 aliphatic heterocycles. The zero-order valence-corrected chi connectivity index (χ0v) is 17.6. The van der Waals surface area contributed by atoms with Gasteiger partial charge in [-0.2, -0.15) is 0 Å². The second-order valence-electron chi connectivity index (χ2n) is 6.75. The van der Waals surface area contributed by atoms with E-state index in [2.05, 4.69) is 26.2 Å². The van der Waals surface area contributed by atoms with Crippen LogP contribution in [0.25, 0.3) is 10.9 Å². The van der Waals surface area contributed by atoms with Crippen molar-refractivity contribution < 1.29 is 14.0 Å². The lowest BCUT2D eigenvalue weighted by Gasteiger charge is -2.14. The minimum atomic E-state index is -0.557. The zero-order valence-electron chi connectivity index (χ0n) is 16.0. The van der Waals surface area contributed by atoms with Gasteiger partial charge in [-0.1, -0.05) is 28.1 Å². The Kier molecular flexibility index (Phi) is 5.73. The quantitative estimate of drug-likeness (QED) is 0.435. The first-order chi connectivity index (χ1) is 14.9. The molecule has 31 heavy (non-hydrogen) atoms. The van der Waals surface area contributed by atoms with Gasteiger partial charge in [-0.15, -0.1) is 0 Å². The fraction of sp³-hybridized carbons (Fsp3) is 0.0435. The number of nitrogens with one attached hydrogen (secondary N) is 1. The number of benzene rings is 2. The van der Waals surface area contributed by atoms with Gasteiger partial charge in [0.05, 0.1) is 16.8 Å². The van der Waals surface area contributed by atoms with Gasteiger partial charge in [0.1, 0.15) is 12.4 Å². The summed E-state index contributed by atoms with van der Waals surface area (Å²) in [4.78, 5) is 42.5. The second kappa shape index (κ2) is 8.61. The molecule has 0 saturated carbocycles. The number of para-hydroxylation sites is 1. The van der Waals surface area contributed by atoms with Crippen LogP contribution in [0.3, 0.4) is 0 Å². The Morgan fingerprint density at radius 2 is 1.81 bits per heavy atom. The number of hydrogen-bond donors (Lipinski definition) is 1. The zero-order chi connectivity index (χ0) is 22.0. The van der Waals surface area contributed by atoms with Crippen molar-refractivity contribution in [2.24, 2.45) is 0 Å². The molecule has 2 heterocycles. The van der Waals surface area contributed by atoms with E-state index in [1.54, 1.807) is 24.3 Å². The summed E-state index contributed by atoms with van der Waals surface area (Å²) in [5, 5.41) is 2.80. The maximum absolute atomic E-state index is 13.9. The van der Waals surface area contributed by atoms with E-state index < -0.39 is 22.9 Å². The van der Waals surface area contributed by atoms with Crippen LogP contribution in [0, 0.1) is 5.82 Å². The molecule has 1 N–H and O–H groups in total. The summed E-state index contributed by atoms with van der Waals surface area (Å²) in [5.41, 5.74) is 0.319. The molecule has 4 rings (SSSR count). The summed E-state index contributed by atoms with van der Waals surface area (Å²) in [6, 6.07) is 13.9. The molecule has 6 nitrogen and oxygen atoms in total. The van der Waals surface area contributed by atoms with Crippen molar-refractivity contribution in [1.82, 2.24) is 9.55 Å². The number of nitrogens with zero attached hydrogens (tertiary/aromatic N) is 2. The van der Waals surface area contributed by atoms with Crippen molar-refractivity contribution in [3.05, 3.63) is 105 Å². The number of anilines is 1. The first-order valence-corrected chi connectivity index (χ1v) is 10.0. The first-order valence-electron chi connectivity index (χ1n) is 9.26. The average molecular weight is 480 g/mol. The molecule has 0 spiro atoms. The third-order valence-corrected chi connectivity index (χ3v) is 5.18. The first kappa shape index (κ1) is 20.6. The summed E-state index contributed by atoms with van der Waals surface area (Å²) in [6.45, 7) is -0.219. The van der Waals surface area contributed by atoms with Crippen LogP contribution in [0.15, 0.2) is 82.5 Å². The molecule has 2 aromatic heterocycles. The number of carbonyl (C=O) groups excluding carboxylic acids is 2. The molecule has 4 aromatic rings. The van der Waals surface area contributed by atoms with Crippen LogP contribution >= 0.6 is 15.9 Å². The van der Waals surface area contributed by atoms with E-state index >= 15 is 0 Å². The maximum Gasteiger partial charge on any atom is 0.244 e. The van der Waals surface area contributed by atoms with Crippen molar-refractivity contribution in [3.63, 3.8) is 0 Å². The number of ketones is 1. The second-order valence-corrected chi connectivity index (χ2v) is 7.67. The Bertz CT molecular complexity index is 1370. The van der Waals surface area contributed by atoms with Gasteiger partial charge in [0, 0.05) is 34.0 Å². The minimum absolute atomic E-state index is 0.0497. The van der Waals surface area contributed by atoms with Crippen LogP contribution in [-0.4, -0.2) is 21.2 Å². The molecule has 1 amide bonds. The van der Waals surface area contributed by atoms with E-state index in [1.165, 1.54) is 53.5 Å². The summed E-state index contributed by atoms with van der Waals surface area (Å²) in [7, 11) is 0. The highest BCUT2D eigenvalue weighted by atomic mass is 79.9. The lowest BCUT2D eigenvalue weighted by molar-refractivity contribution is -0.116. The molecule has 0 saturated heterocycles. The Morgan fingerprint density at radius 1 is 1.06 bits per heavy atom. The molecule has 0 radical (unpaired) electrons. The number of hydrogen-bond acceptors (Lipinski definition) is 4. The largest absolute Gasteiger partial charge is 0.337 e. The van der Waals surface area contributed by atoms with Crippen molar-refractivity contribution >= 4 is 44.2 Å². The molecule has 2 aromatic carbocycles. The molecule has 0 aliphatic carbocycles. The smallest absolute Gasteiger partial charge is 0.244 e. The summed E-state index contributed by atoms with van der Waals surface area (Å²) < 4.78 is 16.0. The highest BCUT2D eigenvalue weighted by Crippen LogP contribution is 2.20. The third-order valence-electron chi connectivity index (χ3n) is 4.69. The molecular formula is C23H15BrFN3O3. The summed E-state index contributed by atoms with van der Waals surface area (Å²) >= 11 is 3.34. The van der Waals surface area contributed by atoms with E-state index in [0.717, 1.165) is 0 Å². The monoisotopic (exact) mass is 479 g/mol. The lowest BCUT2D eigenvalue weighted by atomic mass is 10.0.